The van der Waals surface area contributed by atoms with Crippen LogP contribution in [0.3, 0.4) is 0 Å². The molecule has 108 valence electrons. The molecule has 0 bridgehead atoms. The highest BCUT2D eigenvalue weighted by Crippen LogP contribution is 2.46. The molecule has 5 nitrogen and oxygen atoms in total. The summed E-state index contributed by atoms with van der Waals surface area (Å²) in [6, 6.07) is -0.341. The number of hydrogen-bond donors (Lipinski definition) is 2. The molecule has 0 aliphatic heterocycles. The van der Waals surface area contributed by atoms with Gasteiger partial charge in [0.1, 0.15) is 6.04 Å². The summed E-state index contributed by atoms with van der Waals surface area (Å²) < 4.78 is 10.7. The van der Waals surface area contributed by atoms with Gasteiger partial charge >= 0.3 is 5.97 Å². The van der Waals surface area contributed by atoms with E-state index >= 15 is 0 Å². The third-order valence-corrected chi connectivity index (χ3v) is 5.41. The zero-order valence-corrected chi connectivity index (χ0v) is 13.6. The smallest absolute Gasteiger partial charge is 0.323 e. The Morgan fingerprint density at radius 2 is 2.06 bits per heavy atom. The molecule has 0 saturated carbocycles. The molecule has 0 unspecified atom stereocenters. The highest BCUT2D eigenvalue weighted by atomic mass is 32.7. The maximum Gasteiger partial charge on any atom is 0.323 e. The van der Waals surface area contributed by atoms with Crippen LogP contribution in [-0.4, -0.2) is 44.1 Å². The lowest BCUT2D eigenvalue weighted by molar-refractivity contribution is -0.148. The summed E-state index contributed by atoms with van der Waals surface area (Å²) in [4.78, 5) is 11.7. The second kappa shape index (κ2) is 11.0. The minimum atomic E-state index is -0.843. The lowest BCUT2D eigenvalue weighted by atomic mass is 10.4. The topological polar surface area (TPSA) is 59.6 Å². The monoisotopic (exact) mass is 296 g/mol. The Bertz CT molecular complexity index is 232. The number of carbonyl (C=O) groups is 1. The Labute approximate surface area is 115 Å². The van der Waals surface area contributed by atoms with Gasteiger partial charge in [-0.25, -0.2) is 0 Å². The predicted octanol–water partition coefficient (Wildman–Crippen LogP) is 2.13. The van der Waals surface area contributed by atoms with Crippen LogP contribution < -0.4 is 10.4 Å². The quantitative estimate of drug-likeness (QED) is 0.366. The number of hydrogen-bond acceptors (Lipinski definition) is 6. The van der Waals surface area contributed by atoms with Crippen LogP contribution in [0.15, 0.2) is 0 Å². The summed E-state index contributed by atoms with van der Waals surface area (Å²) in [6.45, 7) is 9.00. The standard InChI is InChI=1S/C11H25N2O3PS/c1-6-15-17(18-8-7-12-5)13-10(4)11(14)16-9(2)3/h9-10,12-13H,6-8H2,1-5H3/t10-,17-/m0/s1. The first-order valence-electron chi connectivity index (χ1n) is 6.18. The third kappa shape index (κ3) is 9.11. The van der Waals surface area contributed by atoms with Gasteiger partial charge in [-0.05, 0) is 34.7 Å². The largest absolute Gasteiger partial charge is 0.462 e. The zero-order valence-electron chi connectivity index (χ0n) is 11.9. The average molecular weight is 296 g/mol. The van der Waals surface area contributed by atoms with Crippen molar-refractivity contribution >= 4 is 24.9 Å². The average Bonchev–Trinajstić information content (AvgIpc) is 2.28. The molecule has 2 atom stereocenters. The first kappa shape index (κ1) is 18.1. The van der Waals surface area contributed by atoms with Crippen LogP contribution in [0.2, 0.25) is 0 Å². The molecular formula is C11H25N2O3PS. The number of ether oxygens (including phenoxy) is 1. The SMILES string of the molecule is CCO[P@](N[C@@H](C)C(=O)OC(C)C)SCCNC. The van der Waals surface area contributed by atoms with Crippen LogP contribution >= 0.6 is 18.9 Å². The van der Waals surface area contributed by atoms with E-state index in [0.717, 1.165) is 12.3 Å². The fourth-order valence-electron chi connectivity index (χ4n) is 1.00. The molecule has 0 aromatic carbocycles. The molecule has 0 fully saturated rings. The van der Waals surface area contributed by atoms with Crippen molar-refractivity contribution < 1.29 is 14.1 Å². The maximum atomic E-state index is 11.7. The summed E-state index contributed by atoms with van der Waals surface area (Å²) in [5, 5.41) is 6.27. The van der Waals surface area contributed by atoms with Crippen molar-refractivity contribution in [1.29, 1.82) is 0 Å². The molecular weight excluding hydrogens is 271 g/mol. The van der Waals surface area contributed by atoms with Gasteiger partial charge in [0.15, 0.2) is 7.50 Å². The molecule has 0 aromatic heterocycles. The fourth-order valence-corrected chi connectivity index (χ4v) is 4.35. The molecule has 0 radical (unpaired) electrons. The molecule has 0 spiro atoms. The van der Waals surface area contributed by atoms with Crippen molar-refractivity contribution in [3.05, 3.63) is 0 Å². The molecule has 0 amide bonds. The highest BCUT2D eigenvalue weighted by molar-refractivity contribution is 8.53. The summed E-state index contributed by atoms with van der Waals surface area (Å²) in [5.74, 6) is 0.715. The van der Waals surface area contributed by atoms with Gasteiger partial charge in [-0.3, -0.25) is 9.88 Å². The number of rotatable bonds is 10. The molecule has 0 aliphatic carbocycles. The maximum absolute atomic E-state index is 11.7. The van der Waals surface area contributed by atoms with Crippen LogP contribution in [0, 0.1) is 0 Å². The second-order valence-electron chi connectivity index (χ2n) is 3.95. The molecule has 7 heteroatoms. The lowest BCUT2D eigenvalue weighted by Gasteiger charge is -2.21. The van der Waals surface area contributed by atoms with Gasteiger partial charge in [0.25, 0.3) is 0 Å². The minimum absolute atomic E-state index is 0.0861. The van der Waals surface area contributed by atoms with Gasteiger partial charge in [-0.2, -0.15) is 0 Å². The number of esters is 1. The Hall–Kier alpha value is 0.130. The third-order valence-electron chi connectivity index (χ3n) is 1.81. The molecule has 2 N–H and O–H groups in total. The van der Waals surface area contributed by atoms with Crippen molar-refractivity contribution in [1.82, 2.24) is 10.4 Å². The van der Waals surface area contributed by atoms with Gasteiger partial charge < -0.3 is 14.6 Å². The van der Waals surface area contributed by atoms with Crippen LogP contribution in [0.1, 0.15) is 27.7 Å². The summed E-state index contributed by atoms with van der Waals surface area (Å²) >= 11 is 1.70. The summed E-state index contributed by atoms with van der Waals surface area (Å²) in [6.07, 6.45) is -0.0861. The van der Waals surface area contributed by atoms with E-state index in [9.17, 15) is 4.79 Å². The van der Waals surface area contributed by atoms with Gasteiger partial charge in [-0.15, -0.1) is 0 Å². The molecule has 0 heterocycles. The lowest BCUT2D eigenvalue weighted by Crippen LogP contribution is -2.33. The van der Waals surface area contributed by atoms with Crippen molar-refractivity contribution in [3.8, 4) is 0 Å². The molecule has 0 rings (SSSR count). The first-order valence-corrected chi connectivity index (χ1v) is 9.03. The van der Waals surface area contributed by atoms with Crippen molar-refractivity contribution in [3.63, 3.8) is 0 Å². The van der Waals surface area contributed by atoms with Gasteiger partial charge in [0, 0.05) is 12.3 Å². The van der Waals surface area contributed by atoms with Crippen molar-refractivity contribution in [2.45, 2.75) is 39.8 Å². The van der Waals surface area contributed by atoms with E-state index in [1.807, 2.05) is 27.8 Å². The van der Waals surface area contributed by atoms with E-state index < -0.39 is 7.50 Å². The van der Waals surface area contributed by atoms with E-state index in [2.05, 4.69) is 10.4 Å². The second-order valence-corrected chi connectivity index (χ2v) is 7.41. The number of nitrogens with one attached hydrogen (secondary N) is 2. The van der Waals surface area contributed by atoms with E-state index in [0.29, 0.717) is 6.61 Å². The van der Waals surface area contributed by atoms with Crippen molar-refractivity contribution in [2.24, 2.45) is 0 Å². The highest BCUT2D eigenvalue weighted by Gasteiger charge is 2.20. The van der Waals surface area contributed by atoms with E-state index in [-0.39, 0.29) is 18.1 Å². The minimum Gasteiger partial charge on any atom is -0.462 e. The van der Waals surface area contributed by atoms with Crippen molar-refractivity contribution in [2.75, 3.05) is 26.0 Å². The fraction of sp³-hybridized carbons (Fsp3) is 0.909. The first-order chi connectivity index (χ1) is 8.51. The van der Waals surface area contributed by atoms with Crippen LogP contribution in [0.5, 0.6) is 0 Å². The van der Waals surface area contributed by atoms with E-state index in [4.69, 9.17) is 9.26 Å². The summed E-state index contributed by atoms with van der Waals surface area (Å²) in [7, 11) is 1.07. The number of carbonyl (C=O) groups excluding carboxylic acids is 1. The molecule has 0 saturated heterocycles. The van der Waals surface area contributed by atoms with Gasteiger partial charge in [0.05, 0.1) is 12.7 Å². The van der Waals surface area contributed by atoms with Gasteiger partial charge in [-0.1, -0.05) is 11.4 Å². The van der Waals surface area contributed by atoms with E-state index in [1.54, 1.807) is 18.3 Å². The summed E-state index contributed by atoms with van der Waals surface area (Å²) in [5.41, 5.74) is 0. The predicted molar refractivity (Wildman–Crippen MR) is 78.8 cm³/mol. The van der Waals surface area contributed by atoms with Gasteiger partial charge in [0.2, 0.25) is 0 Å². The van der Waals surface area contributed by atoms with E-state index in [1.165, 1.54) is 0 Å². The van der Waals surface area contributed by atoms with Crippen LogP contribution in [-0.2, 0) is 14.1 Å². The van der Waals surface area contributed by atoms with Crippen LogP contribution in [0.25, 0.3) is 0 Å². The normalized spacial score (nSPS) is 14.6. The molecule has 0 aromatic rings. The Morgan fingerprint density at radius 3 is 2.56 bits per heavy atom. The Balaban J connectivity index is 4.08. The Kier molecular flexibility index (Phi) is 11.1. The zero-order chi connectivity index (χ0) is 14.0. The molecule has 18 heavy (non-hydrogen) atoms. The Morgan fingerprint density at radius 1 is 1.39 bits per heavy atom. The molecule has 0 aliphatic rings. The van der Waals surface area contributed by atoms with Crippen LogP contribution in [0.4, 0.5) is 0 Å².